The summed E-state index contributed by atoms with van der Waals surface area (Å²) in [5, 5.41) is 11.4. The molecule has 0 radical (unpaired) electrons. The van der Waals surface area contributed by atoms with E-state index in [4.69, 9.17) is 28.0 Å². The van der Waals surface area contributed by atoms with Crippen LogP contribution in [-0.2, 0) is 33.9 Å². The van der Waals surface area contributed by atoms with E-state index in [0.717, 1.165) is 45.7 Å². The fourth-order valence-corrected chi connectivity index (χ4v) is 16.2. The van der Waals surface area contributed by atoms with Crippen LogP contribution < -0.4 is 19.7 Å². The van der Waals surface area contributed by atoms with Crippen LogP contribution in [0.25, 0.3) is 0 Å². The van der Waals surface area contributed by atoms with Crippen molar-refractivity contribution in [2.45, 2.75) is 94.2 Å². The molecule has 0 unspecified atom stereocenters. The number of hydrogen-bond acceptors (Lipinski definition) is 16. The van der Waals surface area contributed by atoms with Gasteiger partial charge in [-0.05, 0) is 120 Å². The number of aliphatic hydroxyl groups is 1. The second-order valence-corrected chi connectivity index (χ2v) is 29.6. The third-order valence-electron chi connectivity index (χ3n) is 16.4. The van der Waals surface area contributed by atoms with Gasteiger partial charge in [0.2, 0.25) is 30.5 Å². The van der Waals surface area contributed by atoms with E-state index in [1.54, 1.807) is 175 Å². The van der Waals surface area contributed by atoms with Crippen LogP contribution in [0.1, 0.15) is 120 Å². The van der Waals surface area contributed by atoms with E-state index in [2.05, 4.69) is 0 Å². The molecule has 10 aromatic rings. The number of methoxy groups -OCH3 is 2. The van der Waals surface area contributed by atoms with Crippen molar-refractivity contribution in [3.8, 4) is 11.5 Å². The Hall–Kier alpha value is -8.89. The molecule has 11 rings (SSSR count). The van der Waals surface area contributed by atoms with E-state index >= 15 is 0 Å². The first-order chi connectivity index (χ1) is 49.2. The summed E-state index contributed by atoms with van der Waals surface area (Å²) in [4.78, 5) is 65.5. The van der Waals surface area contributed by atoms with Gasteiger partial charge in [0, 0.05) is 81.2 Å². The van der Waals surface area contributed by atoms with Crippen molar-refractivity contribution >= 4 is 77.3 Å². The summed E-state index contributed by atoms with van der Waals surface area (Å²) in [5.74, 6) is -1.27. The molecule has 1 saturated carbocycles. The first-order valence-corrected chi connectivity index (χ1v) is 39.1. The minimum Gasteiger partial charge on any atom is -0.411 e. The molecule has 0 heterocycles. The van der Waals surface area contributed by atoms with Gasteiger partial charge < -0.3 is 37.7 Å². The van der Waals surface area contributed by atoms with E-state index in [1.807, 2.05) is 168 Å². The lowest BCUT2D eigenvalue weighted by atomic mass is 9.79. The number of aryl methyl sites for hydroxylation is 3. The molecule has 0 atom stereocenters. The summed E-state index contributed by atoms with van der Waals surface area (Å²) in [6.07, 6.45) is 7.49. The molecule has 530 valence electrons. The van der Waals surface area contributed by atoms with Crippen LogP contribution in [0.15, 0.2) is 283 Å². The van der Waals surface area contributed by atoms with Crippen LogP contribution in [-0.4, -0.2) is 85.3 Å². The van der Waals surface area contributed by atoms with Gasteiger partial charge in [0.1, 0.15) is 17.1 Å². The number of benzene rings is 10. The van der Waals surface area contributed by atoms with Crippen molar-refractivity contribution in [2.75, 3.05) is 39.9 Å². The smallest absolute Gasteiger partial charge is 0.411 e. The molecular formula is C84H88O14P2S2. The molecule has 14 nitrogen and oxygen atoms in total. The predicted molar refractivity (Wildman–Crippen MR) is 410 cm³/mol. The Morgan fingerprint density at radius 2 is 0.843 bits per heavy atom. The number of carbonyl (C=O) groups is 5. The normalized spacial score (nSPS) is 12.4. The zero-order valence-corrected chi connectivity index (χ0v) is 62.4. The Kier molecular flexibility index (Phi) is 31.6. The lowest BCUT2D eigenvalue weighted by molar-refractivity contribution is -0.176. The lowest BCUT2D eigenvalue weighted by Gasteiger charge is -2.30. The topological polar surface area (TPSA) is 195 Å². The first kappa shape index (κ1) is 80.4. The van der Waals surface area contributed by atoms with Crippen LogP contribution in [0.5, 0.6) is 11.5 Å². The minimum absolute atomic E-state index is 0.109. The molecular weight excluding hydrogens is 1360 g/mol. The van der Waals surface area contributed by atoms with Crippen LogP contribution in [0.2, 0.25) is 0 Å². The number of hydrogen-bond donors (Lipinski definition) is 1. The Morgan fingerprint density at radius 1 is 0.471 bits per heavy atom. The maximum atomic E-state index is 14.2. The molecule has 0 amide bonds. The van der Waals surface area contributed by atoms with Gasteiger partial charge in [0.15, 0.2) is 5.78 Å². The van der Waals surface area contributed by atoms with Gasteiger partial charge in [-0.25, -0.2) is 4.57 Å². The van der Waals surface area contributed by atoms with Crippen LogP contribution >= 0.6 is 38.3 Å². The highest BCUT2D eigenvalue weighted by atomic mass is 32.2. The number of carbonyl (C=O) groups excluding carboxylic acids is 5. The number of ether oxygens (including phenoxy) is 4. The maximum absolute atomic E-state index is 14.2. The van der Waals surface area contributed by atoms with Crippen molar-refractivity contribution < 1.29 is 66.2 Å². The first-order valence-electron chi connectivity index (χ1n) is 33.4. The summed E-state index contributed by atoms with van der Waals surface area (Å²) in [5.41, 5.74) is 4.08. The van der Waals surface area contributed by atoms with Crippen molar-refractivity contribution in [1.29, 1.82) is 0 Å². The average molecular weight is 1450 g/mol. The van der Waals surface area contributed by atoms with Gasteiger partial charge in [0.05, 0.1) is 0 Å². The van der Waals surface area contributed by atoms with Gasteiger partial charge in [0.25, 0.3) is 11.3 Å². The SMILES string of the molecule is CCOC(OCC)C(=O)c1ccccc1.COC(OC)(C(=O)c1ccc(SC)cc1)c1ccc(SC)cc1.Cc1cc(C)c(C(=O)P(=O)(c2ccccc2)c2ccccc2)c(C)c1.O=C(c1ccccc1)C1(O)CCCCC1.O=C(c1ccccc1)P(=O)(Oc1ccccc1)Oc1ccccc1. The maximum Gasteiger partial charge on any atom is 0.503 e. The third-order valence-corrected chi connectivity index (χ3v) is 22.4. The zero-order valence-electron chi connectivity index (χ0n) is 59.0. The van der Waals surface area contributed by atoms with E-state index in [1.165, 1.54) is 14.2 Å². The van der Waals surface area contributed by atoms with Crippen LogP contribution in [0.3, 0.4) is 0 Å². The largest absolute Gasteiger partial charge is 0.503 e. The van der Waals surface area contributed by atoms with Gasteiger partial charge >= 0.3 is 7.60 Å². The second-order valence-electron chi connectivity index (χ2n) is 23.4. The highest BCUT2D eigenvalue weighted by molar-refractivity contribution is 7.98. The highest BCUT2D eigenvalue weighted by Gasteiger charge is 2.43. The summed E-state index contributed by atoms with van der Waals surface area (Å²) in [7, 11) is -4.59. The molecule has 1 N–H and O–H groups in total. The monoisotopic (exact) mass is 1450 g/mol. The molecule has 102 heavy (non-hydrogen) atoms. The van der Waals surface area contributed by atoms with Gasteiger partial charge in [-0.15, -0.1) is 23.5 Å². The van der Waals surface area contributed by atoms with Gasteiger partial charge in [-0.1, -0.05) is 249 Å². The molecule has 10 aromatic carbocycles. The van der Waals surface area contributed by atoms with Crippen molar-refractivity contribution in [2.24, 2.45) is 0 Å². The van der Waals surface area contributed by atoms with Crippen LogP contribution in [0, 0.1) is 20.8 Å². The molecule has 0 bridgehead atoms. The molecule has 1 aliphatic carbocycles. The molecule has 0 aromatic heterocycles. The van der Waals surface area contributed by atoms with Gasteiger partial charge in [-0.3, -0.25) is 24.0 Å². The zero-order chi connectivity index (χ0) is 73.6. The number of thioether (sulfide) groups is 2. The number of rotatable bonds is 25. The summed E-state index contributed by atoms with van der Waals surface area (Å²) in [6.45, 7) is 10.4. The van der Waals surface area contributed by atoms with E-state index in [9.17, 15) is 38.2 Å². The fraction of sp³-hybridized carbons (Fsp3) is 0.226. The molecule has 1 aliphatic rings. The van der Waals surface area contributed by atoms with Crippen molar-refractivity contribution in [1.82, 2.24) is 0 Å². The van der Waals surface area contributed by atoms with Crippen LogP contribution in [0.4, 0.5) is 0 Å². The quantitative estimate of drug-likeness (QED) is 0.0245. The highest BCUT2D eigenvalue weighted by Crippen LogP contribution is 2.52. The molecule has 0 saturated heterocycles. The van der Waals surface area contributed by atoms with Crippen molar-refractivity contribution in [3.63, 3.8) is 0 Å². The summed E-state index contributed by atoms with van der Waals surface area (Å²) < 4.78 is 60.0. The second kappa shape index (κ2) is 40.1. The summed E-state index contributed by atoms with van der Waals surface area (Å²) >= 11 is 3.28. The number of ketones is 3. The number of Topliss-reactive ketones (excluding diaryl/α,β-unsaturated/α-hetero) is 3. The average Bonchev–Trinajstić information content (AvgIpc) is 0.765. The Labute approximate surface area is 608 Å². The van der Waals surface area contributed by atoms with E-state index in [0.29, 0.717) is 76.0 Å². The standard InChI is InChI=1S/C22H21O2P.C19H15O4P.C18H20O3S2.C13H16O2.C12H16O3/c1-16-14-17(2)21(18(3)15-16)22(23)25(24,19-10-6-4-7-11-19)20-12-8-5-9-13-20;20-19(16-10-4-1-5-11-16)24(21,22-17-12-6-2-7-13-17)23-18-14-8-3-9-15-18;1-20-18(21-2,14-7-11-16(23-4)12-8-14)17(19)13-5-9-15(22-3)10-6-13;14-12(11-7-3-1-4-8-11)13(15)9-5-2-6-10-13;1-3-14-12(15-4-2)11(13)10-8-6-5-7-9-10/h4-15H,1-3H3;1-15H;5-12H,1-4H3;1,3-4,7-8,15H,2,5-6,9-10H2;5-9,12H,3-4H2,1-2H3. The number of para-hydroxylation sites is 2. The Morgan fingerprint density at radius 3 is 1.24 bits per heavy atom. The lowest BCUT2D eigenvalue weighted by Crippen LogP contribution is -2.40. The molecule has 18 heteroatoms. The van der Waals surface area contributed by atoms with Crippen molar-refractivity contribution in [3.05, 3.63) is 323 Å². The molecule has 1 fully saturated rings. The fourth-order valence-electron chi connectivity index (χ4n) is 11.3. The Bertz CT molecular complexity index is 4240. The molecule has 0 aliphatic heterocycles. The summed E-state index contributed by atoms with van der Waals surface area (Å²) in [6, 6.07) is 80.7. The minimum atomic E-state index is -4.11. The van der Waals surface area contributed by atoms with E-state index < -0.39 is 37.9 Å². The van der Waals surface area contributed by atoms with E-state index in [-0.39, 0.29) is 28.4 Å². The Balaban J connectivity index is 0.000000181. The third kappa shape index (κ3) is 21.6. The predicted octanol–water partition coefficient (Wildman–Crippen LogP) is 19.2. The van der Waals surface area contributed by atoms with Gasteiger partial charge in [-0.2, -0.15) is 0 Å². The molecule has 0 spiro atoms.